The Labute approximate surface area is 112 Å². The SMILES string of the molecule is COC(=O)C1(C(=O)Nc2cc(F)cc(Br)c2)CC1. The summed E-state index contributed by atoms with van der Waals surface area (Å²) in [6.07, 6.45) is 0.921. The van der Waals surface area contributed by atoms with Gasteiger partial charge in [0.1, 0.15) is 11.2 Å². The molecular formula is C12H11BrFNO3. The Morgan fingerprint density at radius 3 is 2.56 bits per heavy atom. The highest BCUT2D eigenvalue weighted by atomic mass is 79.9. The molecule has 1 N–H and O–H groups in total. The molecule has 1 fully saturated rings. The molecule has 1 amide bonds. The Morgan fingerprint density at radius 2 is 2.06 bits per heavy atom. The predicted molar refractivity (Wildman–Crippen MR) is 66.4 cm³/mol. The van der Waals surface area contributed by atoms with E-state index in [4.69, 9.17) is 0 Å². The predicted octanol–water partition coefficient (Wildman–Crippen LogP) is 2.48. The summed E-state index contributed by atoms with van der Waals surface area (Å²) >= 11 is 3.13. The number of hydrogen-bond donors (Lipinski definition) is 1. The fourth-order valence-electron chi connectivity index (χ4n) is 1.72. The molecule has 1 aliphatic carbocycles. The molecule has 0 heterocycles. The van der Waals surface area contributed by atoms with Crippen LogP contribution in [0.4, 0.5) is 10.1 Å². The highest BCUT2D eigenvalue weighted by molar-refractivity contribution is 9.10. The Kier molecular flexibility index (Phi) is 3.38. The monoisotopic (exact) mass is 315 g/mol. The Hall–Kier alpha value is -1.43. The molecule has 6 heteroatoms. The number of methoxy groups -OCH3 is 1. The number of esters is 1. The van der Waals surface area contributed by atoms with Gasteiger partial charge in [-0.25, -0.2) is 4.39 Å². The number of nitrogens with one attached hydrogen (secondary N) is 1. The van der Waals surface area contributed by atoms with Gasteiger partial charge in [0.05, 0.1) is 7.11 Å². The van der Waals surface area contributed by atoms with E-state index < -0.39 is 23.1 Å². The summed E-state index contributed by atoms with van der Waals surface area (Å²) < 4.78 is 18.3. The van der Waals surface area contributed by atoms with Crippen LogP contribution in [0.25, 0.3) is 0 Å². The zero-order chi connectivity index (χ0) is 13.3. The fraction of sp³-hybridized carbons (Fsp3) is 0.333. The average molecular weight is 316 g/mol. The van der Waals surface area contributed by atoms with Crippen molar-refractivity contribution in [2.75, 3.05) is 12.4 Å². The molecule has 0 unspecified atom stereocenters. The maximum Gasteiger partial charge on any atom is 0.321 e. The second kappa shape index (κ2) is 4.68. The van der Waals surface area contributed by atoms with E-state index in [1.54, 1.807) is 6.07 Å². The molecule has 96 valence electrons. The van der Waals surface area contributed by atoms with Crippen LogP contribution in [0.3, 0.4) is 0 Å². The minimum atomic E-state index is -1.09. The van der Waals surface area contributed by atoms with E-state index in [0.29, 0.717) is 23.0 Å². The van der Waals surface area contributed by atoms with Gasteiger partial charge in [0.2, 0.25) is 5.91 Å². The largest absolute Gasteiger partial charge is 0.468 e. The van der Waals surface area contributed by atoms with E-state index in [1.807, 2.05) is 0 Å². The van der Waals surface area contributed by atoms with Crippen molar-refractivity contribution in [1.82, 2.24) is 0 Å². The first-order valence-electron chi connectivity index (χ1n) is 5.34. The summed E-state index contributed by atoms with van der Waals surface area (Å²) in [5.74, 6) is -1.47. The van der Waals surface area contributed by atoms with Crippen molar-refractivity contribution in [3.63, 3.8) is 0 Å². The molecule has 1 aromatic carbocycles. The van der Waals surface area contributed by atoms with Gasteiger partial charge in [-0.05, 0) is 31.0 Å². The van der Waals surface area contributed by atoms with Gasteiger partial charge in [-0.1, -0.05) is 15.9 Å². The van der Waals surface area contributed by atoms with Gasteiger partial charge < -0.3 is 10.1 Å². The minimum Gasteiger partial charge on any atom is -0.468 e. The Balaban J connectivity index is 2.15. The second-order valence-electron chi connectivity index (χ2n) is 4.19. The maximum absolute atomic E-state index is 13.1. The summed E-state index contributed by atoms with van der Waals surface area (Å²) in [6, 6.07) is 4.03. The van der Waals surface area contributed by atoms with E-state index in [-0.39, 0.29) is 0 Å². The van der Waals surface area contributed by atoms with Crippen LogP contribution in [-0.4, -0.2) is 19.0 Å². The quantitative estimate of drug-likeness (QED) is 0.688. The molecule has 0 bridgehead atoms. The number of carbonyl (C=O) groups is 2. The molecule has 0 aliphatic heterocycles. The van der Waals surface area contributed by atoms with E-state index in [0.717, 1.165) is 0 Å². The van der Waals surface area contributed by atoms with Crippen LogP contribution in [0.15, 0.2) is 22.7 Å². The molecule has 1 aliphatic rings. The molecule has 0 atom stereocenters. The molecule has 18 heavy (non-hydrogen) atoms. The Bertz CT molecular complexity index is 494. The van der Waals surface area contributed by atoms with Gasteiger partial charge in [-0.3, -0.25) is 9.59 Å². The third-order valence-corrected chi connectivity index (χ3v) is 3.34. The molecule has 0 saturated heterocycles. The zero-order valence-electron chi connectivity index (χ0n) is 9.63. The van der Waals surface area contributed by atoms with Gasteiger partial charge in [-0.15, -0.1) is 0 Å². The van der Waals surface area contributed by atoms with Crippen LogP contribution >= 0.6 is 15.9 Å². The number of carbonyl (C=O) groups excluding carboxylic acids is 2. The number of anilines is 1. The summed E-state index contributed by atoms with van der Waals surface area (Å²) in [7, 11) is 1.24. The average Bonchev–Trinajstić information content (AvgIpc) is 3.07. The minimum absolute atomic E-state index is 0.307. The van der Waals surface area contributed by atoms with E-state index in [1.165, 1.54) is 19.2 Å². The van der Waals surface area contributed by atoms with Crippen molar-refractivity contribution in [2.24, 2.45) is 5.41 Å². The number of rotatable bonds is 3. The zero-order valence-corrected chi connectivity index (χ0v) is 11.2. The van der Waals surface area contributed by atoms with Gasteiger partial charge in [0.15, 0.2) is 0 Å². The van der Waals surface area contributed by atoms with E-state index in [2.05, 4.69) is 26.0 Å². The molecule has 0 aromatic heterocycles. The Morgan fingerprint density at radius 1 is 1.39 bits per heavy atom. The highest BCUT2D eigenvalue weighted by Gasteiger charge is 2.57. The normalized spacial score (nSPS) is 15.9. The number of ether oxygens (including phenoxy) is 1. The lowest BCUT2D eigenvalue weighted by Crippen LogP contribution is -2.32. The summed E-state index contributed by atoms with van der Waals surface area (Å²) in [5.41, 5.74) is -0.782. The topological polar surface area (TPSA) is 55.4 Å². The standard InChI is InChI=1S/C12H11BrFNO3/c1-18-11(17)12(2-3-12)10(16)15-9-5-7(13)4-8(14)6-9/h4-6H,2-3H2,1H3,(H,15,16). The third kappa shape index (κ3) is 2.38. The number of benzene rings is 1. The fourth-order valence-corrected chi connectivity index (χ4v) is 2.19. The van der Waals surface area contributed by atoms with Gasteiger partial charge >= 0.3 is 5.97 Å². The molecule has 4 nitrogen and oxygen atoms in total. The lowest BCUT2D eigenvalue weighted by Gasteiger charge is -2.13. The maximum atomic E-state index is 13.1. The van der Waals surface area contributed by atoms with Crippen molar-refractivity contribution >= 4 is 33.5 Å². The van der Waals surface area contributed by atoms with Crippen LogP contribution in [0.1, 0.15) is 12.8 Å². The van der Waals surface area contributed by atoms with E-state index in [9.17, 15) is 14.0 Å². The van der Waals surface area contributed by atoms with Crippen molar-refractivity contribution in [3.05, 3.63) is 28.5 Å². The van der Waals surface area contributed by atoms with Gasteiger partial charge in [0.25, 0.3) is 0 Å². The molecule has 0 radical (unpaired) electrons. The smallest absolute Gasteiger partial charge is 0.321 e. The lowest BCUT2D eigenvalue weighted by atomic mass is 10.1. The summed E-state index contributed by atoms with van der Waals surface area (Å²) in [5, 5.41) is 2.53. The van der Waals surface area contributed by atoms with Crippen LogP contribution in [0.2, 0.25) is 0 Å². The van der Waals surface area contributed by atoms with Crippen molar-refractivity contribution < 1.29 is 18.7 Å². The molecular weight excluding hydrogens is 305 g/mol. The molecule has 1 saturated carbocycles. The number of amides is 1. The first kappa shape index (κ1) is 13.0. The van der Waals surface area contributed by atoms with Crippen LogP contribution in [0, 0.1) is 11.2 Å². The van der Waals surface area contributed by atoms with Crippen LogP contribution in [-0.2, 0) is 14.3 Å². The first-order valence-corrected chi connectivity index (χ1v) is 6.13. The third-order valence-electron chi connectivity index (χ3n) is 2.88. The molecule has 2 rings (SSSR count). The van der Waals surface area contributed by atoms with Crippen LogP contribution < -0.4 is 5.32 Å². The molecule has 1 aromatic rings. The van der Waals surface area contributed by atoms with Gasteiger partial charge in [0, 0.05) is 10.2 Å². The summed E-state index contributed by atoms with van der Waals surface area (Å²) in [6.45, 7) is 0. The van der Waals surface area contributed by atoms with Crippen molar-refractivity contribution in [2.45, 2.75) is 12.8 Å². The van der Waals surface area contributed by atoms with Crippen molar-refractivity contribution in [1.29, 1.82) is 0 Å². The lowest BCUT2D eigenvalue weighted by molar-refractivity contribution is -0.150. The number of hydrogen-bond acceptors (Lipinski definition) is 3. The molecule has 0 spiro atoms. The number of halogens is 2. The van der Waals surface area contributed by atoms with Gasteiger partial charge in [-0.2, -0.15) is 0 Å². The highest BCUT2D eigenvalue weighted by Crippen LogP contribution is 2.47. The first-order chi connectivity index (χ1) is 8.48. The second-order valence-corrected chi connectivity index (χ2v) is 5.10. The van der Waals surface area contributed by atoms with E-state index >= 15 is 0 Å². The van der Waals surface area contributed by atoms with Crippen molar-refractivity contribution in [3.8, 4) is 0 Å². The van der Waals surface area contributed by atoms with Crippen LogP contribution in [0.5, 0.6) is 0 Å². The summed E-state index contributed by atoms with van der Waals surface area (Å²) in [4.78, 5) is 23.5.